The number of fused-ring (bicyclic) bond motifs is 1. The van der Waals surface area contributed by atoms with Crippen LogP contribution in [0.1, 0.15) is 59.9 Å². The molecule has 0 saturated carbocycles. The lowest BCUT2D eigenvalue weighted by Gasteiger charge is -2.42. The van der Waals surface area contributed by atoms with Gasteiger partial charge >= 0.3 is 21.7 Å². The standard InChI is InChI=1S/C24H33F3NO7SSi/c1-21(2,3)33-20(29)28-12-10-23(11-13-28)15-19(34-36(30,31)24(25,26)27)17-14-16(8-9-18(17)32-23)35-37(7)22(4,5)6/h8-9,14-15H,10-13H2,1-7H3. The highest BCUT2D eigenvalue weighted by atomic mass is 32.2. The average Bonchev–Trinajstić information content (AvgIpc) is 2.71. The van der Waals surface area contributed by atoms with Crippen LogP contribution in [-0.2, 0) is 19.0 Å². The molecule has 1 saturated heterocycles. The first-order valence-corrected chi connectivity index (χ1v) is 15.1. The molecular weight excluding hydrogens is 531 g/mol. The molecule has 0 aliphatic carbocycles. The Bertz CT molecular complexity index is 1160. The highest BCUT2D eigenvalue weighted by Crippen LogP contribution is 2.45. The van der Waals surface area contributed by atoms with Crippen LogP contribution in [0.2, 0.25) is 11.6 Å². The van der Waals surface area contributed by atoms with Crippen LogP contribution in [0.15, 0.2) is 24.3 Å². The Morgan fingerprint density at radius 3 is 2.19 bits per heavy atom. The van der Waals surface area contributed by atoms with Crippen LogP contribution in [0.5, 0.6) is 11.5 Å². The minimum absolute atomic E-state index is 0.0363. The van der Waals surface area contributed by atoms with Crippen molar-refractivity contribution in [2.75, 3.05) is 13.1 Å². The maximum atomic E-state index is 13.2. The van der Waals surface area contributed by atoms with Gasteiger partial charge in [-0.3, -0.25) is 0 Å². The highest BCUT2D eigenvalue weighted by Gasteiger charge is 2.50. The van der Waals surface area contributed by atoms with E-state index in [1.165, 1.54) is 23.1 Å². The van der Waals surface area contributed by atoms with Gasteiger partial charge < -0.3 is 23.0 Å². The molecule has 1 fully saturated rings. The van der Waals surface area contributed by atoms with Gasteiger partial charge in [0.05, 0.1) is 5.56 Å². The number of ether oxygens (including phenoxy) is 2. The molecule has 37 heavy (non-hydrogen) atoms. The van der Waals surface area contributed by atoms with Crippen LogP contribution < -0.4 is 9.16 Å². The molecular formula is C24H33F3NO7SSi. The van der Waals surface area contributed by atoms with Crippen LogP contribution in [0.4, 0.5) is 18.0 Å². The summed E-state index contributed by atoms with van der Waals surface area (Å²) >= 11 is 0. The van der Waals surface area contributed by atoms with Crippen LogP contribution in [-0.4, -0.2) is 58.3 Å². The van der Waals surface area contributed by atoms with Crippen molar-refractivity contribution in [2.24, 2.45) is 0 Å². The van der Waals surface area contributed by atoms with Gasteiger partial charge in [0.2, 0.25) is 0 Å². The molecule has 1 radical (unpaired) electrons. The molecule has 0 aromatic heterocycles. The Balaban J connectivity index is 1.94. The number of likely N-dealkylation sites (tertiary alicyclic amines) is 1. The van der Waals surface area contributed by atoms with Gasteiger partial charge in [-0.25, -0.2) is 4.79 Å². The van der Waals surface area contributed by atoms with E-state index in [4.69, 9.17) is 13.9 Å². The van der Waals surface area contributed by atoms with E-state index in [1.807, 2.05) is 27.3 Å². The number of hydrogen-bond donors (Lipinski definition) is 0. The van der Waals surface area contributed by atoms with Gasteiger partial charge in [-0.15, -0.1) is 0 Å². The molecule has 3 rings (SSSR count). The topological polar surface area (TPSA) is 91.4 Å². The number of benzene rings is 1. The van der Waals surface area contributed by atoms with Crippen LogP contribution >= 0.6 is 0 Å². The Labute approximate surface area is 217 Å². The van der Waals surface area contributed by atoms with E-state index in [0.717, 1.165) is 0 Å². The number of alkyl halides is 3. The van der Waals surface area contributed by atoms with E-state index < -0.39 is 47.7 Å². The minimum atomic E-state index is -5.94. The molecule has 13 heteroatoms. The Kier molecular flexibility index (Phi) is 7.65. The average molecular weight is 565 g/mol. The van der Waals surface area contributed by atoms with Crippen LogP contribution in [0, 0.1) is 0 Å². The number of amides is 1. The maximum absolute atomic E-state index is 13.2. The third-order valence-electron chi connectivity index (χ3n) is 6.00. The SMILES string of the molecule is C[Si](Oc1ccc2c(c1)C(OS(=O)(=O)C(F)(F)F)=CC1(CCN(C(=O)OC(C)(C)C)CC1)O2)C(C)(C)C. The number of carbonyl (C=O) groups is 1. The van der Waals surface area contributed by atoms with Crippen molar-refractivity contribution in [3.8, 4) is 11.5 Å². The van der Waals surface area contributed by atoms with Gasteiger partial charge in [0.1, 0.15) is 22.7 Å². The molecule has 0 unspecified atom stereocenters. The molecule has 0 bridgehead atoms. The quantitative estimate of drug-likeness (QED) is 0.257. The lowest BCUT2D eigenvalue weighted by atomic mass is 9.87. The van der Waals surface area contributed by atoms with Crippen LogP contribution in [0.3, 0.4) is 0 Å². The van der Waals surface area contributed by atoms with Gasteiger partial charge in [-0.1, -0.05) is 20.8 Å². The monoisotopic (exact) mass is 564 g/mol. The van der Waals surface area contributed by atoms with Gasteiger partial charge in [0, 0.05) is 32.0 Å². The van der Waals surface area contributed by atoms with Crippen LogP contribution in [0.25, 0.3) is 5.76 Å². The Hall–Kier alpha value is -2.41. The summed E-state index contributed by atoms with van der Waals surface area (Å²) in [5.41, 5.74) is -7.44. The first kappa shape index (κ1) is 29.1. The zero-order valence-electron chi connectivity index (χ0n) is 22.0. The Morgan fingerprint density at radius 2 is 1.68 bits per heavy atom. The molecule has 8 nitrogen and oxygen atoms in total. The third-order valence-corrected chi connectivity index (χ3v) is 9.62. The molecule has 1 spiro atoms. The lowest BCUT2D eigenvalue weighted by Crippen LogP contribution is -2.50. The smallest absolute Gasteiger partial charge is 0.534 e. The summed E-state index contributed by atoms with van der Waals surface area (Å²) in [6.45, 7) is 13.6. The number of rotatable bonds is 4. The molecule has 2 heterocycles. The predicted octanol–water partition coefficient (Wildman–Crippen LogP) is 5.86. The number of nitrogens with zero attached hydrogens (tertiary/aromatic N) is 1. The van der Waals surface area contributed by atoms with E-state index in [2.05, 4.69) is 4.18 Å². The van der Waals surface area contributed by atoms with E-state index in [-0.39, 0.29) is 42.3 Å². The normalized spacial score (nSPS) is 18.1. The van der Waals surface area contributed by atoms with Crippen molar-refractivity contribution in [1.29, 1.82) is 0 Å². The zero-order chi connectivity index (χ0) is 28.0. The predicted molar refractivity (Wildman–Crippen MR) is 133 cm³/mol. The lowest BCUT2D eigenvalue weighted by molar-refractivity contribution is -0.0512. The van der Waals surface area contributed by atoms with E-state index in [0.29, 0.717) is 5.75 Å². The second-order valence-electron chi connectivity index (χ2n) is 11.2. The first-order valence-electron chi connectivity index (χ1n) is 11.8. The van der Waals surface area contributed by atoms with Crippen molar-refractivity contribution in [1.82, 2.24) is 4.90 Å². The fourth-order valence-electron chi connectivity index (χ4n) is 3.62. The molecule has 2 aliphatic rings. The molecule has 1 aromatic carbocycles. The summed E-state index contributed by atoms with van der Waals surface area (Å²) in [6.07, 6.45) is 1.12. The van der Waals surface area contributed by atoms with E-state index in [1.54, 1.807) is 26.8 Å². The highest BCUT2D eigenvalue weighted by molar-refractivity contribution is 7.87. The zero-order valence-corrected chi connectivity index (χ0v) is 23.8. The number of halogens is 3. The molecule has 207 valence electrons. The number of hydrogen-bond acceptors (Lipinski definition) is 7. The van der Waals surface area contributed by atoms with Gasteiger partial charge in [-0.05, 0) is 50.6 Å². The molecule has 2 aliphatic heterocycles. The van der Waals surface area contributed by atoms with Gasteiger partial charge in [0.25, 0.3) is 9.04 Å². The number of carbonyl (C=O) groups excluding carboxylic acids is 1. The maximum Gasteiger partial charge on any atom is 0.534 e. The molecule has 1 aromatic rings. The fourth-order valence-corrected chi connectivity index (χ4v) is 4.88. The molecule has 0 N–H and O–H groups in total. The minimum Gasteiger partial charge on any atom is -0.542 e. The van der Waals surface area contributed by atoms with Gasteiger partial charge in [-0.2, -0.15) is 21.6 Å². The third kappa shape index (κ3) is 6.92. The second kappa shape index (κ2) is 9.72. The van der Waals surface area contributed by atoms with Crippen molar-refractivity contribution < 1.29 is 44.5 Å². The van der Waals surface area contributed by atoms with Crippen molar-refractivity contribution in [2.45, 2.75) is 82.7 Å². The molecule has 1 amide bonds. The van der Waals surface area contributed by atoms with E-state index >= 15 is 0 Å². The summed E-state index contributed by atoms with van der Waals surface area (Å²) in [5, 5.41) is -0.127. The first-order chi connectivity index (χ1) is 16.7. The van der Waals surface area contributed by atoms with Crippen molar-refractivity contribution >= 4 is 31.0 Å². The van der Waals surface area contributed by atoms with Crippen molar-refractivity contribution in [3.63, 3.8) is 0 Å². The summed E-state index contributed by atoms with van der Waals surface area (Å²) in [6, 6.07) is 4.58. The van der Waals surface area contributed by atoms with E-state index in [9.17, 15) is 26.4 Å². The summed E-state index contributed by atoms with van der Waals surface area (Å²) in [4.78, 5) is 13.9. The summed E-state index contributed by atoms with van der Waals surface area (Å²) in [5.74, 6) is 0.0345. The molecule has 0 atom stereocenters. The van der Waals surface area contributed by atoms with Gasteiger partial charge in [0.15, 0.2) is 5.76 Å². The number of piperidine rings is 1. The van der Waals surface area contributed by atoms with Crippen molar-refractivity contribution in [3.05, 3.63) is 29.8 Å². The summed E-state index contributed by atoms with van der Waals surface area (Å²) in [7, 11) is -7.30. The Morgan fingerprint density at radius 1 is 1.08 bits per heavy atom. The largest absolute Gasteiger partial charge is 0.542 e. The second-order valence-corrected chi connectivity index (χ2v) is 15.5. The summed E-state index contributed by atoms with van der Waals surface area (Å²) < 4.78 is 85.8. The fraction of sp³-hybridized carbons (Fsp3) is 0.625.